The predicted molar refractivity (Wildman–Crippen MR) is 85.1 cm³/mol. The molecule has 0 saturated heterocycles. The molecule has 21 heavy (non-hydrogen) atoms. The predicted octanol–water partition coefficient (Wildman–Crippen LogP) is 4.15. The van der Waals surface area contributed by atoms with Crippen LogP contribution in [0, 0.1) is 27.7 Å². The molecule has 0 fully saturated rings. The number of aromatic amines is 1. The minimum Gasteiger partial charge on any atom is -0.466 e. The first kappa shape index (κ1) is 13.5. The Kier molecular flexibility index (Phi) is 3.09. The van der Waals surface area contributed by atoms with E-state index in [0.717, 1.165) is 39.5 Å². The molecule has 2 aromatic heterocycles. The molecule has 0 amide bonds. The van der Waals surface area contributed by atoms with Crippen LogP contribution in [0.2, 0.25) is 0 Å². The normalized spacial score (nSPS) is 11.0. The highest BCUT2D eigenvalue weighted by atomic mass is 16.3. The highest BCUT2D eigenvalue weighted by molar-refractivity contribution is 5.89. The molecule has 3 aromatic rings. The van der Waals surface area contributed by atoms with Gasteiger partial charge in [0.1, 0.15) is 11.5 Å². The minimum atomic E-state index is 0.506. The molecule has 0 aliphatic rings. The van der Waals surface area contributed by atoms with E-state index in [4.69, 9.17) is 10.2 Å². The molecule has 108 valence electrons. The first-order valence-corrected chi connectivity index (χ1v) is 6.97. The zero-order chi connectivity index (χ0) is 15.1. The van der Waals surface area contributed by atoms with Gasteiger partial charge in [0.15, 0.2) is 5.82 Å². The molecule has 2 heterocycles. The van der Waals surface area contributed by atoms with Crippen LogP contribution in [-0.4, -0.2) is 10.2 Å². The Morgan fingerprint density at radius 1 is 0.952 bits per heavy atom. The number of H-pyrrole nitrogens is 1. The molecule has 1 aromatic carbocycles. The smallest absolute Gasteiger partial charge is 0.153 e. The minimum absolute atomic E-state index is 0.506. The van der Waals surface area contributed by atoms with E-state index in [1.54, 1.807) is 0 Å². The second-order valence-electron chi connectivity index (χ2n) is 5.44. The first-order valence-electron chi connectivity index (χ1n) is 6.97. The van der Waals surface area contributed by atoms with Crippen LogP contribution in [0.5, 0.6) is 0 Å². The molecule has 4 nitrogen and oxygen atoms in total. The number of nitrogens with two attached hydrogens (primary N) is 1. The number of anilines is 1. The Hall–Kier alpha value is -2.49. The van der Waals surface area contributed by atoms with Gasteiger partial charge in [-0.15, -0.1) is 0 Å². The Morgan fingerprint density at radius 3 is 2.19 bits per heavy atom. The van der Waals surface area contributed by atoms with Gasteiger partial charge in [0.2, 0.25) is 0 Å². The van der Waals surface area contributed by atoms with Crippen molar-refractivity contribution in [3.63, 3.8) is 0 Å². The summed E-state index contributed by atoms with van der Waals surface area (Å²) in [5.41, 5.74) is 12.4. The van der Waals surface area contributed by atoms with Crippen molar-refractivity contribution in [2.45, 2.75) is 27.7 Å². The number of benzene rings is 1. The Labute approximate surface area is 124 Å². The van der Waals surface area contributed by atoms with Gasteiger partial charge in [0.25, 0.3) is 0 Å². The maximum absolute atomic E-state index is 6.08. The lowest BCUT2D eigenvalue weighted by molar-refractivity contribution is 0.503. The number of nitrogen functional groups attached to an aromatic ring is 1. The van der Waals surface area contributed by atoms with Crippen molar-refractivity contribution < 1.29 is 4.42 Å². The molecule has 0 bridgehead atoms. The summed E-state index contributed by atoms with van der Waals surface area (Å²) in [5.74, 6) is 2.30. The number of nitrogens with one attached hydrogen (secondary N) is 1. The summed E-state index contributed by atoms with van der Waals surface area (Å²) in [6.07, 6.45) is 0. The molecule has 0 radical (unpaired) electrons. The summed E-state index contributed by atoms with van der Waals surface area (Å²) >= 11 is 0. The van der Waals surface area contributed by atoms with Gasteiger partial charge < -0.3 is 10.2 Å². The van der Waals surface area contributed by atoms with E-state index >= 15 is 0 Å². The number of aromatic nitrogens is 2. The SMILES string of the molecule is Cc1ccc(-c2c(N)n[nH]c2-c2c(C)oc(C)c2C)cc1. The lowest BCUT2D eigenvalue weighted by Gasteiger charge is -2.05. The monoisotopic (exact) mass is 281 g/mol. The maximum atomic E-state index is 6.08. The molecule has 0 atom stereocenters. The van der Waals surface area contributed by atoms with Gasteiger partial charge >= 0.3 is 0 Å². The average molecular weight is 281 g/mol. The van der Waals surface area contributed by atoms with Crippen LogP contribution in [0.3, 0.4) is 0 Å². The molecule has 3 N–H and O–H groups in total. The maximum Gasteiger partial charge on any atom is 0.153 e. The van der Waals surface area contributed by atoms with Crippen molar-refractivity contribution in [2.24, 2.45) is 0 Å². The quantitative estimate of drug-likeness (QED) is 0.741. The number of hydrogen-bond donors (Lipinski definition) is 2. The molecule has 0 aliphatic heterocycles. The molecular weight excluding hydrogens is 262 g/mol. The van der Waals surface area contributed by atoms with Gasteiger partial charge in [-0.05, 0) is 38.8 Å². The Morgan fingerprint density at radius 2 is 1.62 bits per heavy atom. The largest absolute Gasteiger partial charge is 0.466 e. The van der Waals surface area contributed by atoms with Gasteiger partial charge in [-0.1, -0.05) is 29.8 Å². The molecule has 0 aliphatic carbocycles. The summed E-state index contributed by atoms with van der Waals surface area (Å²) in [4.78, 5) is 0. The molecular formula is C17H19N3O. The third kappa shape index (κ3) is 2.13. The van der Waals surface area contributed by atoms with Crippen LogP contribution in [0.25, 0.3) is 22.4 Å². The van der Waals surface area contributed by atoms with E-state index in [0.29, 0.717) is 5.82 Å². The Bertz CT molecular complexity index is 794. The van der Waals surface area contributed by atoms with Crippen molar-refractivity contribution in [3.8, 4) is 22.4 Å². The van der Waals surface area contributed by atoms with E-state index in [9.17, 15) is 0 Å². The van der Waals surface area contributed by atoms with Gasteiger partial charge in [-0.3, -0.25) is 5.10 Å². The highest BCUT2D eigenvalue weighted by Crippen LogP contribution is 2.39. The van der Waals surface area contributed by atoms with Crippen molar-refractivity contribution in [1.29, 1.82) is 0 Å². The van der Waals surface area contributed by atoms with E-state index in [2.05, 4.69) is 48.3 Å². The fourth-order valence-corrected chi connectivity index (χ4v) is 2.71. The fraction of sp³-hybridized carbons (Fsp3) is 0.235. The number of rotatable bonds is 2. The molecule has 0 saturated carbocycles. The summed E-state index contributed by atoms with van der Waals surface area (Å²) < 4.78 is 5.73. The second kappa shape index (κ2) is 4.81. The average Bonchev–Trinajstić information content (AvgIpc) is 2.92. The van der Waals surface area contributed by atoms with Crippen molar-refractivity contribution in [1.82, 2.24) is 10.2 Å². The van der Waals surface area contributed by atoms with Crippen molar-refractivity contribution >= 4 is 5.82 Å². The first-order chi connectivity index (χ1) is 9.99. The molecule has 4 heteroatoms. The van der Waals surface area contributed by atoms with E-state index < -0.39 is 0 Å². The number of nitrogens with zero attached hydrogens (tertiary/aromatic N) is 1. The van der Waals surface area contributed by atoms with Gasteiger partial charge in [0, 0.05) is 5.56 Å². The molecule has 3 rings (SSSR count). The lowest BCUT2D eigenvalue weighted by atomic mass is 9.98. The topological polar surface area (TPSA) is 67.8 Å². The van der Waals surface area contributed by atoms with Gasteiger partial charge in [-0.2, -0.15) is 5.10 Å². The molecule has 0 spiro atoms. The van der Waals surface area contributed by atoms with E-state index in [1.165, 1.54) is 5.56 Å². The van der Waals surface area contributed by atoms with Crippen LogP contribution in [0.15, 0.2) is 28.7 Å². The number of aryl methyl sites for hydroxylation is 3. The van der Waals surface area contributed by atoms with Crippen LogP contribution in [0.4, 0.5) is 5.82 Å². The van der Waals surface area contributed by atoms with Gasteiger partial charge in [-0.25, -0.2) is 0 Å². The van der Waals surface area contributed by atoms with Crippen LogP contribution < -0.4 is 5.73 Å². The van der Waals surface area contributed by atoms with E-state index in [1.807, 2.05) is 13.8 Å². The summed E-state index contributed by atoms with van der Waals surface area (Å²) in [7, 11) is 0. The summed E-state index contributed by atoms with van der Waals surface area (Å²) in [6.45, 7) is 8.05. The van der Waals surface area contributed by atoms with Crippen LogP contribution in [-0.2, 0) is 0 Å². The Balaban J connectivity index is 2.24. The third-order valence-electron chi connectivity index (χ3n) is 3.95. The van der Waals surface area contributed by atoms with Gasteiger partial charge in [0.05, 0.1) is 11.3 Å². The standard InChI is InChI=1S/C17H19N3O/c1-9-5-7-13(8-6-9)15-16(19-20-17(15)18)14-10(2)11(3)21-12(14)4/h5-8H,1-4H3,(H3,18,19,20). The highest BCUT2D eigenvalue weighted by Gasteiger charge is 2.21. The zero-order valence-electron chi connectivity index (χ0n) is 12.7. The van der Waals surface area contributed by atoms with Crippen LogP contribution in [0.1, 0.15) is 22.6 Å². The fourth-order valence-electron chi connectivity index (χ4n) is 2.71. The van der Waals surface area contributed by atoms with E-state index in [-0.39, 0.29) is 0 Å². The number of hydrogen-bond acceptors (Lipinski definition) is 3. The third-order valence-corrected chi connectivity index (χ3v) is 3.95. The second-order valence-corrected chi connectivity index (χ2v) is 5.44. The molecule has 0 unspecified atom stereocenters. The number of furan rings is 1. The summed E-state index contributed by atoms with van der Waals surface area (Å²) in [6, 6.07) is 8.28. The van der Waals surface area contributed by atoms with Crippen LogP contribution >= 0.6 is 0 Å². The van der Waals surface area contributed by atoms with Crippen molar-refractivity contribution in [3.05, 3.63) is 46.9 Å². The van der Waals surface area contributed by atoms with Crippen molar-refractivity contribution in [2.75, 3.05) is 5.73 Å². The zero-order valence-corrected chi connectivity index (χ0v) is 12.7. The summed E-state index contributed by atoms with van der Waals surface area (Å²) in [5, 5.41) is 7.26. The lowest BCUT2D eigenvalue weighted by Crippen LogP contribution is -1.90.